The third-order valence-electron chi connectivity index (χ3n) is 3.33. The van der Waals surface area contributed by atoms with E-state index in [1.807, 2.05) is 24.3 Å². The van der Waals surface area contributed by atoms with Gasteiger partial charge in [0.15, 0.2) is 5.78 Å². The van der Waals surface area contributed by atoms with Crippen LogP contribution in [0, 0.1) is 0 Å². The number of hydrogen-bond acceptors (Lipinski definition) is 4. The molecule has 0 fully saturated rings. The van der Waals surface area contributed by atoms with Crippen LogP contribution >= 0.6 is 0 Å². The molecule has 110 valence electrons. The van der Waals surface area contributed by atoms with Crippen LogP contribution in [0.3, 0.4) is 0 Å². The van der Waals surface area contributed by atoms with Crippen LogP contribution in [0.4, 0.5) is 5.69 Å². The summed E-state index contributed by atoms with van der Waals surface area (Å²) in [6.45, 7) is 0. The Morgan fingerprint density at radius 2 is 1.76 bits per heavy atom. The molecule has 21 heavy (non-hydrogen) atoms. The first kappa shape index (κ1) is 14.9. The summed E-state index contributed by atoms with van der Waals surface area (Å²) in [6.07, 6.45) is 1.08. The normalized spacial score (nSPS) is 10.2. The third-order valence-corrected chi connectivity index (χ3v) is 3.33. The van der Waals surface area contributed by atoms with Crippen molar-refractivity contribution in [1.29, 1.82) is 0 Å². The minimum Gasteiger partial charge on any atom is -0.497 e. The number of Topliss-reactive ketones (excluding diaryl/α,β-unsaturated/α-hetero) is 1. The van der Waals surface area contributed by atoms with Crippen molar-refractivity contribution in [2.75, 3.05) is 20.0 Å². The molecule has 2 aromatic carbocycles. The minimum atomic E-state index is 0.0302. The van der Waals surface area contributed by atoms with Gasteiger partial charge in [-0.2, -0.15) is 0 Å². The van der Waals surface area contributed by atoms with E-state index in [0.717, 1.165) is 11.3 Å². The van der Waals surface area contributed by atoms with Crippen LogP contribution in [0.25, 0.3) is 0 Å². The van der Waals surface area contributed by atoms with Gasteiger partial charge in [-0.15, -0.1) is 0 Å². The highest BCUT2D eigenvalue weighted by atomic mass is 16.5. The number of carbonyl (C=O) groups is 1. The second kappa shape index (κ2) is 6.79. The number of benzene rings is 2. The van der Waals surface area contributed by atoms with E-state index in [2.05, 4.69) is 0 Å². The van der Waals surface area contributed by atoms with Gasteiger partial charge in [0, 0.05) is 12.1 Å². The van der Waals surface area contributed by atoms with E-state index < -0.39 is 0 Å². The van der Waals surface area contributed by atoms with Crippen LogP contribution in [0.1, 0.15) is 22.3 Å². The molecule has 2 rings (SSSR count). The summed E-state index contributed by atoms with van der Waals surface area (Å²) in [5.41, 5.74) is 8.00. The number of nitrogens with two attached hydrogens (primary N) is 1. The van der Waals surface area contributed by atoms with Crippen molar-refractivity contribution < 1.29 is 14.3 Å². The molecule has 0 radical (unpaired) electrons. The van der Waals surface area contributed by atoms with Gasteiger partial charge in [-0.25, -0.2) is 0 Å². The maximum absolute atomic E-state index is 12.4. The van der Waals surface area contributed by atoms with Crippen molar-refractivity contribution in [3.8, 4) is 11.5 Å². The minimum absolute atomic E-state index is 0.0302. The summed E-state index contributed by atoms with van der Waals surface area (Å²) in [5, 5.41) is 0. The summed E-state index contributed by atoms with van der Waals surface area (Å²) < 4.78 is 10.4. The molecule has 0 heterocycles. The van der Waals surface area contributed by atoms with Crippen LogP contribution in [0.5, 0.6) is 11.5 Å². The number of ether oxygens (including phenoxy) is 2. The van der Waals surface area contributed by atoms with Crippen molar-refractivity contribution >= 4 is 11.5 Å². The lowest BCUT2D eigenvalue weighted by atomic mass is 10.0. The Hall–Kier alpha value is -2.49. The first-order valence-electron chi connectivity index (χ1n) is 6.73. The number of hydrogen-bond donors (Lipinski definition) is 1. The smallest absolute Gasteiger partial charge is 0.167 e. The van der Waals surface area contributed by atoms with Gasteiger partial charge in [0.2, 0.25) is 0 Å². The molecule has 0 saturated heterocycles. The monoisotopic (exact) mass is 285 g/mol. The van der Waals surface area contributed by atoms with Crippen LogP contribution in [0.2, 0.25) is 0 Å². The molecule has 2 aromatic rings. The number of methoxy groups -OCH3 is 2. The number of anilines is 1. The Bertz CT molecular complexity index is 620. The van der Waals surface area contributed by atoms with E-state index in [4.69, 9.17) is 15.2 Å². The fourth-order valence-electron chi connectivity index (χ4n) is 2.11. The molecule has 0 aliphatic rings. The van der Waals surface area contributed by atoms with Gasteiger partial charge >= 0.3 is 0 Å². The van der Waals surface area contributed by atoms with Gasteiger partial charge in [0.1, 0.15) is 11.5 Å². The first-order chi connectivity index (χ1) is 10.1. The van der Waals surface area contributed by atoms with Gasteiger partial charge in [-0.1, -0.05) is 12.1 Å². The molecule has 0 amide bonds. The summed E-state index contributed by atoms with van der Waals surface area (Å²) >= 11 is 0. The molecular weight excluding hydrogens is 266 g/mol. The average Bonchev–Trinajstić information content (AvgIpc) is 2.53. The van der Waals surface area contributed by atoms with E-state index in [9.17, 15) is 4.79 Å². The summed E-state index contributed by atoms with van der Waals surface area (Å²) in [6, 6.07) is 12.8. The van der Waals surface area contributed by atoms with E-state index in [1.54, 1.807) is 32.4 Å². The largest absolute Gasteiger partial charge is 0.497 e. The highest BCUT2D eigenvalue weighted by Crippen LogP contribution is 2.25. The zero-order chi connectivity index (χ0) is 15.2. The molecule has 2 N–H and O–H groups in total. The molecule has 0 unspecified atom stereocenters. The number of ketones is 1. The molecule has 4 nitrogen and oxygen atoms in total. The predicted molar refractivity (Wildman–Crippen MR) is 83.1 cm³/mol. The fraction of sp³-hybridized carbons (Fsp3) is 0.235. The summed E-state index contributed by atoms with van der Waals surface area (Å²) in [7, 11) is 3.13. The van der Waals surface area contributed by atoms with Gasteiger partial charge in [0.05, 0.1) is 19.8 Å². The Balaban J connectivity index is 2.10. The Morgan fingerprint density at radius 3 is 2.38 bits per heavy atom. The molecule has 0 aliphatic heterocycles. The van der Waals surface area contributed by atoms with Crippen LogP contribution in [-0.2, 0) is 6.42 Å². The third kappa shape index (κ3) is 3.75. The van der Waals surface area contributed by atoms with Crippen LogP contribution < -0.4 is 15.2 Å². The molecular formula is C17H19NO3. The summed E-state index contributed by atoms with van der Waals surface area (Å²) in [5.74, 6) is 1.24. The lowest BCUT2D eigenvalue weighted by molar-refractivity contribution is 0.0979. The number of carbonyl (C=O) groups excluding carboxylic acids is 1. The zero-order valence-corrected chi connectivity index (χ0v) is 12.3. The molecule has 4 heteroatoms. The molecule has 0 atom stereocenters. The second-order valence-electron chi connectivity index (χ2n) is 4.73. The lowest BCUT2D eigenvalue weighted by Crippen LogP contribution is -2.04. The molecule has 0 aliphatic carbocycles. The Morgan fingerprint density at radius 1 is 1.05 bits per heavy atom. The quantitative estimate of drug-likeness (QED) is 0.654. The molecule has 0 aromatic heterocycles. The lowest BCUT2D eigenvalue weighted by Gasteiger charge is -2.09. The van der Waals surface area contributed by atoms with Gasteiger partial charge in [-0.3, -0.25) is 4.79 Å². The van der Waals surface area contributed by atoms with E-state index in [0.29, 0.717) is 29.9 Å². The number of rotatable bonds is 6. The Kier molecular flexibility index (Phi) is 4.82. The Labute approximate surface area is 124 Å². The van der Waals surface area contributed by atoms with Crippen molar-refractivity contribution in [3.63, 3.8) is 0 Å². The topological polar surface area (TPSA) is 61.5 Å². The van der Waals surface area contributed by atoms with Crippen LogP contribution in [-0.4, -0.2) is 20.0 Å². The highest BCUT2D eigenvalue weighted by Gasteiger charge is 2.13. The van der Waals surface area contributed by atoms with Gasteiger partial charge in [-0.05, 0) is 42.3 Å². The first-order valence-corrected chi connectivity index (χ1v) is 6.73. The van der Waals surface area contributed by atoms with E-state index in [1.165, 1.54) is 0 Å². The van der Waals surface area contributed by atoms with Gasteiger partial charge < -0.3 is 15.2 Å². The maximum Gasteiger partial charge on any atom is 0.167 e. The fourth-order valence-corrected chi connectivity index (χ4v) is 2.11. The van der Waals surface area contributed by atoms with Gasteiger partial charge in [0.25, 0.3) is 0 Å². The molecule has 0 bridgehead atoms. The number of nitrogen functional groups attached to an aromatic ring is 1. The SMILES string of the molecule is COc1ccc(OC)c(C(=O)CCc2ccc(N)cc2)c1. The average molecular weight is 285 g/mol. The molecule has 0 saturated carbocycles. The van der Waals surface area contributed by atoms with E-state index in [-0.39, 0.29) is 5.78 Å². The molecule has 0 spiro atoms. The zero-order valence-electron chi connectivity index (χ0n) is 12.3. The maximum atomic E-state index is 12.4. The van der Waals surface area contributed by atoms with Crippen molar-refractivity contribution in [1.82, 2.24) is 0 Å². The predicted octanol–water partition coefficient (Wildman–Crippen LogP) is 3.10. The van der Waals surface area contributed by atoms with Crippen LogP contribution in [0.15, 0.2) is 42.5 Å². The summed E-state index contributed by atoms with van der Waals surface area (Å²) in [4.78, 5) is 12.4. The standard InChI is InChI=1S/C17H19NO3/c1-20-14-8-10-17(21-2)15(11-14)16(19)9-5-12-3-6-13(18)7-4-12/h3-4,6-8,10-11H,5,9,18H2,1-2H3. The van der Waals surface area contributed by atoms with Crippen molar-refractivity contribution in [3.05, 3.63) is 53.6 Å². The number of aryl methyl sites for hydroxylation is 1. The van der Waals surface area contributed by atoms with E-state index >= 15 is 0 Å². The second-order valence-corrected chi connectivity index (χ2v) is 4.73. The van der Waals surface area contributed by atoms with Crippen molar-refractivity contribution in [2.45, 2.75) is 12.8 Å². The van der Waals surface area contributed by atoms with Crippen molar-refractivity contribution in [2.24, 2.45) is 0 Å². The highest BCUT2D eigenvalue weighted by molar-refractivity contribution is 5.99.